The van der Waals surface area contributed by atoms with E-state index in [2.05, 4.69) is 4.98 Å². The highest BCUT2D eigenvalue weighted by atomic mass is 16.5. The number of esters is 1. The lowest BCUT2D eigenvalue weighted by molar-refractivity contribution is -0.131. The average Bonchev–Trinajstić information content (AvgIpc) is 2.67. The number of pyridine rings is 1. The van der Waals surface area contributed by atoms with Gasteiger partial charge in [0, 0.05) is 18.7 Å². The van der Waals surface area contributed by atoms with Gasteiger partial charge in [0.05, 0.1) is 6.54 Å². The van der Waals surface area contributed by atoms with Gasteiger partial charge in [-0.15, -0.1) is 0 Å². The fourth-order valence-corrected chi connectivity index (χ4v) is 2.52. The highest BCUT2D eigenvalue weighted by Crippen LogP contribution is 2.20. The number of carbonyl (C=O) groups excluding carboxylic acids is 2. The molecular formula is C21H18N2O3. The van der Waals surface area contributed by atoms with Crippen LogP contribution >= 0.6 is 0 Å². The van der Waals surface area contributed by atoms with Gasteiger partial charge in [0.2, 0.25) is 0 Å². The standard InChI is InChI=1S/C21H18N2O3/c1-16(24)26-19-12-10-18(11-13-19)21(25)23(20-9-5-6-14-22-20)15-17-7-3-2-4-8-17/h2-14H,15H2,1H3. The van der Waals surface area contributed by atoms with Crippen molar-refractivity contribution in [1.82, 2.24) is 4.98 Å². The van der Waals surface area contributed by atoms with Crippen molar-refractivity contribution in [3.8, 4) is 5.75 Å². The minimum Gasteiger partial charge on any atom is -0.427 e. The van der Waals surface area contributed by atoms with Crippen molar-refractivity contribution < 1.29 is 14.3 Å². The lowest BCUT2D eigenvalue weighted by atomic mass is 10.1. The summed E-state index contributed by atoms with van der Waals surface area (Å²) in [5.41, 5.74) is 1.49. The summed E-state index contributed by atoms with van der Waals surface area (Å²) in [7, 11) is 0. The van der Waals surface area contributed by atoms with E-state index in [0.29, 0.717) is 23.7 Å². The fourth-order valence-electron chi connectivity index (χ4n) is 2.52. The van der Waals surface area contributed by atoms with E-state index in [-0.39, 0.29) is 5.91 Å². The maximum atomic E-state index is 13.1. The first-order valence-electron chi connectivity index (χ1n) is 8.19. The number of nitrogens with zero attached hydrogens (tertiary/aromatic N) is 2. The molecular weight excluding hydrogens is 328 g/mol. The Hall–Kier alpha value is -3.47. The quantitative estimate of drug-likeness (QED) is 0.520. The Morgan fingerprint density at radius 2 is 1.62 bits per heavy atom. The predicted molar refractivity (Wildman–Crippen MR) is 98.9 cm³/mol. The summed E-state index contributed by atoms with van der Waals surface area (Å²) >= 11 is 0. The largest absolute Gasteiger partial charge is 0.427 e. The molecule has 0 aliphatic carbocycles. The minimum atomic E-state index is -0.400. The highest BCUT2D eigenvalue weighted by Gasteiger charge is 2.19. The topological polar surface area (TPSA) is 59.5 Å². The third kappa shape index (κ3) is 4.33. The molecule has 130 valence electrons. The summed E-state index contributed by atoms with van der Waals surface area (Å²) in [4.78, 5) is 30.0. The highest BCUT2D eigenvalue weighted by molar-refractivity contribution is 6.05. The van der Waals surface area contributed by atoms with Gasteiger partial charge in [0.1, 0.15) is 11.6 Å². The minimum absolute atomic E-state index is 0.179. The van der Waals surface area contributed by atoms with E-state index in [1.54, 1.807) is 41.4 Å². The first kappa shape index (κ1) is 17.4. The zero-order valence-corrected chi connectivity index (χ0v) is 14.3. The Bertz CT molecular complexity index is 878. The van der Waals surface area contributed by atoms with Crippen LogP contribution < -0.4 is 9.64 Å². The lowest BCUT2D eigenvalue weighted by Gasteiger charge is -2.22. The zero-order valence-electron chi connectivity index (χ0n) is 14.3. The molecule has 0 spiro atoms. The smallest absolute Gasteiger partial charge is 0.308 e. The van der Waals surface area contributed by atoms with E-state index in [1.165, 1.54) is 6.92 Å². The van der Waals surface area contributed by atoms with Gasteiger partial charge < -0.3 is 4.74 Å². The van der Waals surface area contributed by atoms with Crippen molar-refractivity contribution in [2.24, 2.45) is 0 Å². The van der Waals surface area contributed by atoms with Crippen LogP contribution in [0.15, 0.2) is 79.0 Å². The number of rotatable bonds is 5. The summed E-state index contributed by atoms with van der Waals surface area (Å²) in [5, 5.41) is 0. The summed E-state index contributed by atoms with van der Waals surface area (Å²) < 4.78 is 5.01. The first-order valence-corrected chi connectivity index (χ1v) is 8.19. The van der Waals surface area contributed by atoms with Crippen molar-refractivity contribution in [3.63, 3.8) is 0 Å². The molecule has 3 rings (SSSR count). The van der Waals surface area contributed by atoms with Gasteiger partial charge in [0.15, 0.2) is 0 Å². The fraction of sp³-hybridized carbons (Fsp3) is 0.0952. The van der Waals surface area contributed by atoms with Gasteiger partial charge >= 0.3 is 5.97 Å². The molecule has 0 saturated carbocycles. The average molecular weight is 346 g/mol. The van der Waals surface area contributed by atoms with Crippen LogP contribution in [0.3, 0.4) is 0 Å². The van der Waals surface area contributed by atoms with Crippen molar-refractivity contribution in [3.05, 3.63) is 90.1 Å². The molecule has 0 unspecified atom stereocenters. The molecule has 1 amide bonds. The van der Waals surface area contributed by atoms with E-state index in [4.69, 9.17) is 4.74 Å². The van der Waals surface area contributed by atoms with Gasteiger partial charge in [-0.05, 0) is 42.0 Å². The van der Waals surface area contributed by atoms with Crippen molar-refractivity contribution >= 4 is 17.7 Å². The molecule has 26 heavy (non-hydrogen) atoms. The summed E-state index contributed by atoms with van der Waals surface area (Å²) in [6, 6.07) is 21.7. The summed E-state index contributed by atoms with van der Waals surface area (Å²) in [5.74, 6) is 0.400. The lowest BCUT2D eigenvalue weighted by Crippen LogP contribution is -2.31. The second-order valence-corrected chi connectivity index (χ2v) is 5.68. The molecule has 0 bridgehead atoms. The van der Waals surface area contributed by atoms with E-state index in [1.807, 2.05) is 42.5 Å². The number of hydrogen-bond donors (Lipinski definition) is 0. The first-order chi connectivity index (χ1) is 12.6. The summed E-state index contributed by atoms with van der Waals surface area (Å²) in [6.07, 6.45) is 1.66. The number of carbonyl (C=O) groups is 2. The maximum Gasteiger partial charge on any atom is 0.308 e. The number of aromatic nitrogens is 1. The van der Waals surface area contributed by atoms with Crippen LogP contribution in [0.2, 0.25) is 0 Å². The van der Waals surface area contributed by atoms with E-state index < -0.39 is 5.97 Å². The van der Waals surface area contributed by atoms with Crippen molar-refractivity contribution in [2.45, 2.75) is 13.5 Å². The number of hydrogen-bond acceptors (Lipinski definition) is 4. The summed E-state index contributed by atoms with van der Waals surface area (Å²) in [6.45, 7) is 1.74. The second kappa shape index (κ2) is 8.07. The van der Waals surface area contributed by atoms with Crippen molar-refractivity contribution in [1.29, 1.82) is 0 Å². The van der Waals surface area contributed by atoms with Crippen LogP contribution in [-0.2, 0) is 11.3 Å². The molecule has 5 nitrogen and oxygen atoms in total. The normalized spacial score (nSPS) is 10.2. The van der Waals surface area contributed by atoms with Gasteiger partial charge in [-0.3, -0.25) is 14.5 Å². The van der Waals surface area contributed by atoms with Gasteiger partial charge in [0.25, 0.3) is 5.91 Å². The van der Waals surface area contributed by atoms with Crippen LogP contribution in [0.1, 0.15) is 22.8 Å². The number of benzene rings is 2. The molecule has 0 aliphatic heterocycles. The number of amides is 1. The van der Waals surface area contributed by atoms with E-state index in [9.17, 15) is 9.59 Å². The zero-order chi connectivity index (χ0) is 18.4. The monoisotopic (exact) mass is 346 g/mol. The SMILES string of the molecule is CC(=O)Oc1ccc(C(=O)N(Cc2ccccc2)c2ccccn2)cc1. The predicted octanol–water partition coefficient (Wildman–Crippen LogP) is 3.85. The maximum absolute atomic E-state index is 13.1. The Kier molecular flexibility index (Phi) is 5.39. The third-order valence-electron chi connectivity index (χ3n) is 3.72. The Labute approximate surface area is 151 Å². The van der Waals surface area contributed by atoms with Crippen LogP contribution in [0.5, 0.6) is 5.75 Å². The van der Waals surface area contributed by atoms with Gasteiger partial charge in [-0.1, -0.05) is 36.4 Å². The molecule has 0 N–H and O–H groups in total. The molecule has 0 radical (unpaired) electrons. The molecule has 1 aromatic heterocycles. The molecule has 1 heterocycles. The van der Waals surface area contributed by atoms with Gasteiger partial charge in [-0.25, -0.2) is 4.98 Å². The molecule has 5 heteroatoms. The van der Waals surface area contributed by atoms with E-state index in [0.717, 1.165) is 5.56 Å². The number of anilines is 1. The van der Waals surface area contributed by atoms with Crippen LogP contribution in [0.25, 0.3) is 0 Å². The molecule has 0 atom stereocenters. The van der Waals surface area contributed by atoms with Crippen LogP contribution in [0, 0.1) is 0 Å². The van der Waals surface area contributed by atoms with Gasteiger partial charge in [-0.2, -0.15) is 0 Å². The van der Waals surface area contributed by atoms with E-state index >= 15 is 0 Å². The molecule has 0 fully saturated rings. The Morgan fingerprint density at radius 1 is 0.923 bits per heavy atom. The third-order valence-corrected chi connectivity index (χ3v) is 3.72. The Balaban J connectivity index is 1.88. The number of ether oxygens (including phenoxy) is 1. The molecule has 0 aliphatic rings. The second-order valence-electron chi connectivity index (χ2n) is 5.68. The van der Waals surface area contributed by atoms with Crippen LogP contribution in [-0.4, -0.2) is 16.9 Å². The van der Waals surface area contributed by atoms with Crippen molar-refractivity contribution in [2.75, 3.05) is 4.90 Å². The Morgan fingerprint density at radius 3 is 2.23 bits per heavy atom. The molecule has 0 saturated heterocycles. The molecule has 2 aromatic carbocycles. The molecule has 3 aromatic rings. The van der Waals surface area contributed by atoms with Crippen LogP contribution in [0.4, 0.5) is 5.82 Å².